The summed E-state index contributed by atoms with van der Waals surface area (Å²) in [6.07, 6.45) is 4.59. The first-order chi connectivity index (χ1) is 52.4. The molecule has 0 aliphatic rings. The molecular formula is C85H132Br4I2N4O16Si3. The molecule has 29 heteroatoms. The zero-order valence-corrected chi connectivity index (χ0v) is 84.6. The first kappa shape index (κ1) is 113. The lowest BCUT2D eigenvalue weighted by molar-refractivity contribution is -0.146. The molecule has 0 heterocycles. The number of carbonyl (C=O) groups is 7. The average molecular weight is 2120 g/mol. The molecule has 0 saturated heterocycles. The van der Waals surface area contributed by atoms with Gasteiger partial charge in [-0.25, -0.2) is 9.59 Å². The molecule has 642 valence electrons. The number of aliphatic hydroxyl groups excluding tert-OH is 1. The lowest BCUT2D eigenvalue weighted by Gasteiger charge is -2.36. The fraction of sp³-hybridized carbons (Fsp3) is 0.518. The number of esters is 3. The molecule has 0 aromatic heterocycles. The minimum absolute atomic E-state index is 0. The summed E-state index contributed by atoms with van der Waals surface area (Å²) in [4.78, 5) is 83.9. The van der Waals surface area contributed by atoms with E-state index in [-0.39, 0.29) is 59.8 Å². The highest BCUT2D eigenvalue weighted by molar-refractivity contribution is 15.0. The predicted octanol–water partition coefficient (Wildman–Crippen LogP) is 25.1. The second kappa shape index (κ2) is 57.5. The van der Waals surface area contributed by atoms with Crippen LogP contribution in [0.2, 0.25) is 54.4 Å². The molecule has 0 radical (unpaired) electrons. The summed E-state index contributed by atoms with van der Waals surface area (Å²) in [5.41, 5.74) is 4.18. The van der Waals surface area contributed by atoms with Gasteiger partial charge >= 0.3 is 30.1 Å². The number of rotatable bonds is 28. The number of hydrogen-bond donors (Lipinski definition) is 5. The SMILES string of the molecule is C.C=CC(=O)Nc1ccccc1NC(=O)OC(C)(C)C.CC(C)(C)[Si](C)(C)OCCBr.CCOC(=O)C(CCO[Si](C)(C)C(C)(C)C)c1ccc(/C=C/C(=O)Nc2ccccc2NC(=O)OC(C)(C)C)cc1.CCOC(=O)C(CCO[Si](C)(C)C(C)(C)C)c1ccc(Br)cc1.CCOC(=O)Cc1ccc(Br)cc1.II.OCCBr. The number of para-hydroxylation sites is 4. The third-order valence-electron chi connectivity index (χ3n) is 17.4. The van der Waals surface area contributed by atoms with Crippen LogP contribution in [0.1, 0.15) is 179 Å². The lowest BCUT2D eigenvalue weighted by atomic mass is 9.95. The van der Waals surface area contributed by atoms with Gasteiger partial charge in [0.1, 0.15) is 11.2 Å². The molecule has 0 spiro atoms. The second-order valence-electron chi connectivity index (χ2n) is 31.8. The number of nitrogens with one attached hydrogen (secondary N) is 4. The highest BCUT2D eigenvalue weighted by Crippen LogP contribution is 2.40. The fourth-order valence-electron chi connectivity index (χ4n) is 8.41. The Morgan fingerprint density at radius 1 is 0.474 bits per heavy atom. The van der Waals surface area contributed by atoms with Gasteiger partial charge in [0, 0.05) is 82.7 Å². The van der Waals surface area contributed by atoms with Crippen molar-refractivity contribution >= 4 is 197 Å². The summed E-state index contributed by atoms with van der Waals surface area (Å²) in [6, 6.07) is 36.7. The van der Waals surface area contributed by atoms with E-state index in [4.69, 9.17) is 42.1 Å². The van der Waals surface area contributed by atoms with E-state index < -0.39 is 54.3 Å². The maximum atomic E-state index is 12.8. The molecule has 0 aliphatic carbocycles. The number of benzene rings is 5. The van der Waals surface area contributed by atoms with Gasteiger partial charge in [0.15, 0.2) is 25.0 Å². The largest absolute Gasteiger partial charge is 0.466 e. The number of hydrogen-bond acceptors (Lipinski definition) is 16. The number of anilines is 4. The van der Waals surface area contributed by atoms with E-state index in [1.807, 2.05) is 79.7 Å². The Labute approximate surface area is 743 Å². The van der Waals surface area contributed by atoms with Crippen molar-refractivity contribution in [3.05, 3.63) is 171 Å². The third kappa shape index (κ3) is 49.7. The van der Waals surface area contributed by atoms with E-state index in [1.165, 1.54) is 6.08 Å². The van der Waals surface area contributed by atoms with Crippen molar-refractivity contribution in [1.82, 2.24) is 0 Å². The summed E-state index contributed by atoms with van der Waals surface area (Å²) in [6.45, 7) is 56.1. The van der Waals surface area contributed by atoms with Crippen LogP contribution in [0, 0.1) is 0 Å². The van der Waals surface area contributed by atoms with Crippen molar-refractivity contribution < 1.29 is 75.6 Å². The van der Waals surface area contributed by atoms with Crippen LogP contribution in [0.3, 0.4) is 0 Å². The zero-order valence-electron chi connectivity index (χ0n) is 71.0. The smallest absolute Gasteiger partial charge is 0.412 e. The highest BCUT2D eigenvalue weighted by atomic mass is 128. The van der Waals surface area contributed by atoms with E-state index >= 15 is 0 Å². The maximum absolute atomic E-state index is 12.8. The van der Waals surface area contributed by atoms with Crippen molar-refractivity contribution in [2.24, 2.45) is 0 Å². The highest BCUT2D eigenvalue weighted by Gasteiger charge is 2.39. The monoisotopic (exact) mass is 2120 g/mol. The molecule has 20 nitrogen and oxygen atoms in total. The van der Waals surface area contributed by atoms with Crippen LogP contribution in [-0.4, -0.2) is 140 Å². The molecule has 0 saturated carbocycles. The van der Waals surface area contributed by atoms with Crippen LogP contribution in [0.4, 0.5) is 32.3 Å². The number of aliphatic hydroxyl groups is 1. The normalized spacial score (nSPS) is 11.9. The molecule has 0 bridgehead atoms. The summed E-state index contributed by atoms with van der Waals surface area (Å²) >= 11 is 17.4. The summed E-state index contributed by atoms with van der Waals surface area (Å²) in [5, 5.41) is 20.7. The minimum Gasteiger partial charge on any atom is -0.466 e. The van der Waals surface area contributed by atoms with Crippen molar-refractivity contribution in [2.45, 2.75) is 229 Å². The van der Waals surface area contributed by atoms with E-state index in [2.05, 4.69) is 230 Å². The maximum Gasteiger partial charge on any atom is 0.412 e. The van der Waals surface area contributed by atoms with Crippen molar-refractivity contribution in [2.75, 3.05) is 78.2 Å². The Morgan fingerprint density at radius 2 is 0.789 bits per heavy atom. The molecule has 4 amide bonds. The molecule has 5 rings (SSSR count). The van der Waals surface area contributed by atoms with E-state index in [9.17, 15) is 33.6 Å². The Bertz CT molecular complexity index is 3650. The molecule has 2 unspecified atom stereocenters. The predicted molar refractivity (Wildman–Crippen MR) is 511 cm³/mol. The standard InChI is InChI=1S/C32H46N2O6Si.C18H29BrO3Si.C14H18N2O3.C10H11BrO2.C8H19BrOSi.C2H5BrO.CH4.I2/c1-10-38-29(36)25(21-22-39-41(8,9)32(5,6)7)24-18-15-23(16-19-24)17-20-28(35)33-26-13-11-12-14-27(26)34-30(37)40-31(2,3)4;1-7-21-17(20)16(14-8-10-15(19)11-9-14)12-13-22-23(5,6)18(2,3)4;1-5-12(17)15-10-8-6-7-9-11(10)16-13(18)19-14(2,3)4;1-2-13-10(12)7-8-3-5-9(11)6-4-8;1-8(2,3)11(4,5)10-7-6-9;3-1-2-4;;1-2/h11-20,25H,10,21-22H2,1-9H3,(H,33,35)(H,34,37);8-11,16H,7,12-13H2,1-6H3;5-9H,1H2,2-4H3,(H,15,17)(H,16,18);3-6H,2,7H2,1H3;6-7H2,1-5H3;4H,1-2H2;1H4;/b20-17+;;;;;;;. The van der Waals surface area contributed by atoms with E-state index in [0.717, 1.165) is 49.2 Å². The zero-order chi connectivity index (χ0) is 87.2. The molecular weight excluding hydrogens is 1990 g/mol. The van der Waals surface area contributed by atoms with Gasteiger partial charge in [-0.2, -0.15) is 0 Å². The summed E-state index contributed by atoms with van der Waals surface area (Å²) in [7, 11) is -5.18. The van der Waals surface area contributed by atoms with Gasteiger partial charge in [0.25, 0.3) is 0 Å². The molecule has 0 aliphatic heterocycles. The first-order valence-corrected chi connectivity index (χ1v) is 56.2. The van der Waals surface area contributed by atoms with Crippen molar-refractivity contribution in [1.29, 1.82) is 0 Å². The third-order valence-corrected chi connectivity index (χ3v) is 32.7. The van der Waals surface area contributed by atoms with E-state index in [0.29, 0.717) is 85.4 Å². The van der Waals surface area contributed by atoms with Crippen molar-refractivity contribution in [3.8, 4) is 0 Å². The Hall–Kier alpha value is -4.66. The van der Waals surface area contributed by atoms with Crippen LogP contribution < -0.4 is 21.3 Å². The number of halogens is 6. The van der Waals surface area contributed by atoms with Crippen LogP contribution in [0.5, 0.6) is 0 Å². The Balaban J connectivity index is -0.00000143. The molecule has 2 atom stereocenters. The van der Waals surface area contributed by atoms with Crippen LogP contribution in [0.15, 0.2) is 149 Å². The van der Waals surface area contributed by atoms with Gasteiger partial charge in [-0.1, -0.05) is 213 Å². The number of ether oxygens (including phenoxy) is 5. The topological polar surface area (TPSA) is 262 Å². The van der Waals surface area contributed by atoms with Crippen molar-refractivity contribution in [3.63, 3.8) is 0 Å². The van der Waals surface area contributed by atoms with Gasteiger partial charge in [-0.05, 0) is 212 Å². The molecule has 0 fully saturated rings. The lowest BCUT2D eigenvalue weighted by Crippen LogP contribution is -2.41. The number of carbonyl (C=O) groups excluding carboxylic acids is 7. The van der Waals surface area contributed by atoms with Gasteiger partial charge in [0.05, 0.1) is 67.4 Å². The van der Waals surface area contributed by atoms with Crippen LogP contribution in [0.25, 0.3) is 6.08 Å². The number of alkyl halides is 2. The number of amides is 4. The molecule has 114 heavy (non-hydrogen) atoms. The van der Waals surface area contributed by atoms with Gasteiger partial charge in [-0.15, -0.1) is 0 Å². The Morgan fingerprint density at radius 3 is 1.10 bits per heavy atom. The van der Waals surface area contributed by atoms with Crippen LogP contribution in [-0.2, 0) is 67.4 Å². The summed E-state index contributed by atoms with van der Waals surface area (Å²) < 4.78 is 46.2. The van der Waals surface area contributed by atoms with Gasteiger partial charge in [0.2, 0.25) is 11.8 Å². The quantitative estimate of drug-likeness (QED) is 0.00778. The minimum atomic E-state index is -1.93. The fourth-order valence-corrected chi connectivity index (χ4v) is 12.6. The van der Waals surface area contributed by atoms with E-state index in [1.54, 1.807) is 110 Å². The Kier molecular flexibility index (Phi) is 57.2. The van der Waals surface area contributed by atoms with Gasteiger partial charge in [-0.3, -0.25) is 34.6 Å². The average Bonchev–Trinajstić information content (AvgIpc) is 0.850. The first-order valence-electron chi connectivity index (χ1n) is 37.3. The van der Waals surface area contributed by atoms with Crippen LogP contribution >= 0.6 is 101 Å². The van der Waals surface area contributed by atoms with Gasteiger partial charge < -0.3 is 52.7 Å². The molecule has 5 aromatic rings. The second-order valence-corrected chi connectivity index (χ2v) is 49.6. The molecule has 5 aromatic carbocycles. The summed E-state index contributed by atoms with van der Waals surface area (Å²) in [5.74, 6) is -2.04. The molecule has 5 N–H and O–H groups in total.